The van der Waals surface area contributed by atoms with Crippen molar-refractivity contribution < 1.29 is 0 Å². The second-order valence-corrected chi connectivity index (χ2v) is 4.19. The molecule has 1 fully saturated rings. The molecule has 0 aromatic carbocycles. The van der Waals surface area contributed by atoms with E-state index < -0.39 is 0 Å². The monoisotopic (exact) mass is 196 g/mol. The van der Waals surface area contributed by atoms with E-state index in [9.17, 15) is 0 Å². The lowest BCUT2D eigenvalue weighted by molar-refractivity contribution is 0.175. The van der Waals surface area contributed by atoms with Crippen LogP contribution in [0.1, 0.15) is 26.2 Å². The van der Waals surface area contributed by atoms with Gasteiger partial charge in [0.25, 0.3) is 0 Å². The van der Waals surface area contributed by atoms with Crippen LogP contribution in [0, 0.1) is 5.92 Å². The zero-order chi connectivity index (χ0) is 10.2. The molecule has 1 N–H and O–H groups in total. The van der Waals surface area contributed by atoms with E-state index in [-0.39, 0.29) is 0 Å². The van der Waals surface area contributed by atoms with Gasteiger partial charge < -0.3 is 10.2 Å². The molecule has 82 valence electrons. The molecule has 1 saturated heterocycles. The maximum Gasteiger partial charge on any atom is 0.00219 e. The number of rotatable bonds is 6. The summed E-state index contributed by atoms with van der Waals surface area (Å²) in [6.07, 6.45) is 5.92. The summed E-state index contributed by atoms with van der Waals surface area (Å²) in [4.78, 5) is 2.58. The van der Waals surface area contributed by atoms with E-state index >= 15 is 0 Å². The standard InChI is InChI=1S/C12H24N2/c1-3-5-8-14-9-6-7-12(11-14)10-13-4-2/h3,12-13H,1,4-11H2,2H3. The second kappa shape index (κ2) is 7.02. The van der Waals surface area contributed by atoms with Gasteiger partial charge in [0.15, 0.2) is 0 Å². The fourth-order valence-electron chi connectivity index (χ4n) is 2.14. The molecule has 1 unspecified atom stereocenters. The van der Waals surface area contributed by atoms with Gasteiger partial charge in [-0.15, -0.1) is 6.58 Å². The first-order valence-electron chi connectivity index (χ1n) is 5.90. The van der Waals surface area contributed by atoms with Crippen molar-refractivity contribution in [2.75, 3.05) is 32.7 Å². The van der Waals surface area contributed by atoms with Gasteiger partial charge in [0.05, 0.1) is 0 Å². The molecule has 0 aliphatic carbocycles. The summed E-state index contributed by atoms with van der Waals surface area (Å²) in [5.74, 6) is 0.869. The smallest absolute Gasteiger partial charge is 0.00219 e. The Morgan fingerprint density at radius 3 is 3.14 bits per heavy atom. The molecule has 0 spiro atoms. The van der Waals surface area contributed by atoms with Crippen LogP contribution in [-0.2, 0) is 0 Å². The lowest BCUT2D eigenvalue weighted by atomic mass is 9.98. The topological polar surface area (TPSA) is 15.3 Å². The molecule has 1 rings (SSSR count). The molecule has 0 aromatic rings. The number of hydrogen-bond donors (Lipinski definition) is 1. The van der Waals surface area contributed by atoms with Crippen LogP contribution in [0.15, 0.2) is 12.7 Å². The molecule has 1 atom stereocenters. The summed E-state index contributed by atoms with van der Waals surface area (Å²) in [6.45, 7) is 12.0. The summed E-state index contributed by atoms with van der Waals surface area (Å²) in [6, 6.07) is 0. The third-order valence-corrected chi connectivity index (χ3v) is 2.94. The van der Waals surface area contributed by atoms with Crippen molar-refractivity contribution in [2.24, 2.45) is 5.92 Å². The number of hydrogen-bond acceptors (Lipinski definition) is 2. The third-order valence-electron chi connectivity index (χ3n) is 2.94. The lowest BCUT2D eigenvalue weighted by Crippen LogP contribution is -2.39. The zero-order valence-corrected chi connectivity index (χ0v) is 9.47. The lowest BCUT2D eigenvalue weighted by Gasteiger charge is -2.32. The molecule has 2 nitrogen and oxygen atoms in total. The molecular formula is C12H24N2. The maximum atomic E-state index is 3.77. The van der Waals surface area contributed by atoms with Crippen molar-refractivity contribution in [1.29, 1.82) is 0 Å². The van der Waals surface area contributed by atoms with Crippen LogP contribution in [0.5, 0.6) is 0 Å². The van der Waals surface area contributed by atoms with Crippen LogP contribution >= 0.6 is 0 Å². The Labute approximate surface area is 88.4 Å². The summed E-state index contributed by atoms with van der Waals surface area (Å²) < 4.78 is 0. The molecule has 0 bridgehead atoms. The summed E-state index contributed by atoms with van der Waals surface area (Å²) in [5.41, 5.74) is 0. The fourth-order valence-corrected chi connectivity index (χ4v) is 2.14. The minimum absolute atomic E-state index is 0.869. The quantitative estimate of drug-likeness (QED) is 0.653. The first-order valence-corrected chi connectivity index (χ1v) is 5.90. The van der Waals surface area contributed by atoms with Gasteiger partial charge in [-0.3, -0.25) is 0 Å². The second-order valence-electron chi connectivity index (χ2n) is 4.19. The van der Waals surface area contributed by atoms with E-state index in [1.807, 2.05) is 6.08 Å². The molecule has 0 radical (unpaired) electrons. The van der Waals surface area contributed by atoms with Gasteiger partial charge in [0.2, 0.25) is 0 Å². The highest BCUT2D eigenvalue weighted by atomic mass is 15.1. The minimum atomic E-state index is 0.869. The first kappa shape index (κ1) is 11.7. The van der Waals surface area contributed by atoms with Gasteiger partial charge in [-0.1, -0.05) is 13.0 Å². The molecule has 0 amide bonds. The van der Waals surface area contributed by atoms with Crippen molar-refractivity contribution in [1.82, 2.24) is 10.2 Å². The molecular weight excluding hydrogens is 172 g/mol. The Morgan fingerprint density at radius 2 is 2.43 bits per heavy atom. The zero-order valence-electron chi connectivity index (χ0n) is 9.47. The highest BCUT2D eigenvalue weighted by molar-refractivity contribution is 4.77. The normalized spacial score (nSPS) is 23.6. The van der Waals surface area contributed by atoms with Crippen molar-refractivity contribution in [3.63, 3.8) is 0 Å². The van der Waals surface area contributed by atoms with E-state index in [1.54, 1.807) is 0 Å². The molecule has 0 aromatic heterocycles. The predicted molar refractivity (Wildman–Crippen MR) is 62.5 cm³/mol. The number of nitrogens with one attached hydrogen (secondary N) is 1. The Kier molecular flexibility index (Phi) is 5.88. The van der Waals surface area contributed by atoms with Crippen molar-refractivity contribution in [2.45, 2.75) is 26.2 Å². The van der Waals surface area contributed by atoms with Crippen molar-refractivity contribution >= 4 is 0 Å². The third kappa shape index (κ3) is 4.25. The van der Waals surface area contributed by atoms with Crippen LogP contribution in [-0.4, -0.2) is 37.6 Å². The average Bonchev–Trinajstić information content (AvgIpc) is 2.24. The fraction of sp³-hybridized carbons (Fsp3) is 0.833. The number of likely N-dealkylation sites (tertiary alicyclic amines) is 1. The summed E-state index contributed by atoms with van der Waals surface area (Å²) in [7, 11) is 0. The van der Waals surface area contributed by atoms with Crippen LogP contribution in [0.2, 0.25) is 0 Å². The maximum absolute atomic E-state index is 3.77. The molecule has 1 aliphatic rings. The van der Waals surface area contributed by atoms with Crippen molar-refractivity contribution in [3.8, 4) is 0 Å². The van der Waals surface area contributed by atoms with Gasteiger partial charge in [-0.2, -0.15) is 0 Å². The van der Waals surface area contributed by atoms with Crippen LogP contribution in [0.3, 0.4) is 0 Å². The number of piperidine rings is 1. The van der Waals surface area contributed by atoms with Gasteiger partial charge in [0, 0.05) is 13.1 Å². The predicted octanol–water partition coefficient (Wildman–Crippen LogP) is 1.88. The van der Waals surface area contributed by atoms with Gasteiger partial charge in [-0.25, -0.2) is 0 Å². The summed E-state index contributed by atoms with van der Waals surface area (Å²) in [5, 5.41) is 3.45. The van der Waals surface area contributed by atoms with Crippen LogP contribution in [0.4, 0.5) is 0 Å². The van der Waals surface area contributed by atoms with Gasteiger partial charge in [-0.05, 0) is 44.8 Å². The number of nitrogens with zero attached hydrogens (tertiary/aromatic N) is 1. The molecule has 0 saturated carbocycles. The highest BCUT2D eigenvalue weighted by Crippen LogP contribution is 2.15. The van der Waals surface area contributed by atoms with E-state index in [0.717, 1.165) is 18.9 Å². The first-order chi connectivity index (χ1) is 6.86. The summed E-state index contributed by atoms with van der Waals surface area (Å²) >= 11 is 0. The molecule has 2 heteroatoms. The largest absolute Gasteiger partial charge is 0.317 e. The van der Waals surface area contributed by atoms with Crippen molar-refractivity contribution in [3.05, 3.63) is 12.7 Å². The Hall–Kier alpha value is -0.340. The van der Waals surface area contributed by atoms with Gasteiger partial charge in [0.1, 0.15) is 0 Å². The van der Waals surface area contributed by atoms with E-state index in [1.165, 1.54) is 39.0 Å². The highest BCUT2D eigenvalue weighted by Gasteiger charge is 2.18. The Bertz CT molecular complexity index is 156. The SMILES string of the molecule is C=CCCN1CCCC(CNCC)C1. The molecule has 1 aliphatic heterocycles. The van der Waals surface area contributed by atoms with Crippen LogP contribution < -0.4 is 5.32 Å². The van der Waals surface area contributed by atoms with Crippen LogP contribution in [0.25, 0.3) is 0 Å². The molecule has 1 heterocycles. The Morgan fingerprint density at radius 1 is 1.57 bits per heavy atom. The van der Waals surface area contributed by atoms with E-state index in [0.29, 0.717) is 0 Å². The average molecular weight is 196 g/mol. The Balaban J connectivity index is 2.17. The van der Waals surface area contributed by atoms with E-state index in [2.05, 4.69) is 23.7 Å². The minimum Gasteiger partial charge on any atom is -0.317 e. The molecule has 14 heavy (non-hydrogen) atoms. The van der Waals surface area contributed by atoms with Gasteiger partial charge >= 0.3 is 0 Å². The van der Waals surface area contributed by atoms with E-state index in [4.69, 9.17) is 0 Å².